The second kappa shape index (κ2) is 7.76. The van der Waals surface area contributed by atoms with Crippen molar-refractivity contribution in [2.24, 2.45) is 5.92 Å². The lowest BCUT2D eigenvalue weighted by atomic mass is 10.1. The number of hydrogen-bond acceptors (Lipinski definition) is 4. The van der Waals surface area contributed by atoms with Crippen molar-refractivity contribution in [2.45, 2.75) is 32.1 Å². The van der Waals surface area contributed by atoms with Gasteiger partial charge in [0.25, 0.3) is 0 Å². The summed E-state index contributed by atoms with van der Waals surface area (Å²) in [5.41, 5.74) is 4.83. The first-order valence-electron chi connectivity index (χ1n) is 10.0. The number of fused-ring (bicyclic) bond motifs is 1. The molecule has 4 rings (SSSR count). The van der Waals surface area contributed by atoms with Crippen molar-refractivity contribution in [3.63, 3.8) is 0 Å². The van der Waals surface area contributed by atoms with Crippen molar-refractivity contribution >= 4 is 26.6 Å². The van der Waals surface area contributed by atoms with Crippen LogP contribution in [0, 0.1) is 26.7 Å². The van der Waals surface area contributed by atoms with Crippen molar-refractivity contribution in [3.05, 3.63) is 65.4 Å². The van der Waals surface area contributed by atoms with Crippen LogP contribution >= 0.6 is 0 Å². The molecule has 29 heavy (non-hydrogen) atoms. The van der Waals surface area contributed by atoms with Crippen molar-refractivity contribution in [2.75, 3.05) is 24.5 Å². The molecule has 5 nitrogen and oxygen atoms in total. The highest BCUT2D eigenvalue weighted by Gasteiger charge is 2.27. The minimum atomic E-state index is -3.52. The van der Waals surface area contributed by atoms with Crippen LogP contribution in [0.4, 0.5) is 5.69 Å². The van der Waals surface area contributed by atoms with Gasteiger partial charge in [-0.05, 0) is 68.5 Å². The Morgan fingerprint density at radius 1 is 1.10 bits per heavy atom. The minimum absolute atomic E-state index is 0.280. The maximum Gasteiger partial charge on any atom is 0.241 e. The number of anilines is 1. The van der Waals surface area contributed by atoms with E-state index in [-0.39, 0.29) is 5.92 Å². The van der Waals surface area contributed by atoms with Crippen LogP contribution in [0.15, 0.2) is 53.6 Å². The van der Waals surface area contributed by atoms with E-state index >= 15 is 0 Å². The maximum atomic E-state index is 12.9. The van der Waals surface area contributed by atoms with Gasteiger partial charge in [0, 0.05) is 36.9 Å². The van der Waals surface area contributed by atoms with Gasteiger partial charge in [0.2, 0.25) is 10.0 Å². The van der Waals surface area contributed by atoms with Gasteiger partial charge in [0.05, 0.1) is 10.4 Å². The first-order valence-corrected chi connectivity index (χ1v) is 11.5. The van der Waals surface area contributed by atoms with Crippen LogP contribution in [0.5, 0.6) is 0 Å². The van der Waals surface area contributed by atoms with Gasteiger partial charge in [-0.2, -0.15) is 0 Å². The third-order valence-electron chi connectivity index (χ3n) is 5.68. The lowest BCUT2D eigenvalue weighted by Gasteiger charge is -2.21. The first kappa shape index (κ1) is 19.9. The SMILES string of the molecule is Cc1cc(C)c(S(=O)(=O)NC[C@H]2CCN(c3cccc4ncccc34)C2)c(C)c1. The molecule has 1 aliphatic heterocycles. The van der Waals surface area contributed by atoms with Gasteiger partial charge < -0.3 is 4.90 Å². The molecule has 0 saturated carbocycles. The summed E-state index contributed by atoms with van der Waals surface area (Å²) in [5, 5.41) is 1.14. The quantitative estimate of drug-likeness (QED) is 0.693. The number of rotatable bonds is 5. The Morgan fingerprint density at radius 2 is 1.86 bits per heavy atom. The zero-order valence-electron chi connectivity index (χ0n) is 17.1. The number of sulfonamides is 1. The standard InChI is InChI=1S/C23H27N3O2S/c1-16-12-17(2)23(18(3)13-16)29(27,28)25-14-19-9-11-26(15-19)22-8-4-7-21-20(22)6-5-10-24-21/h4-8,10,12-13,19,25H,9,11,14-15H2,1-3H3/t19-/m1/s1. The molecule has 0 radical (unpaired) electrons. The molecular formula is C23H27N3O2S. The second-order valence-corrected chi connectivity index (χ2v) is 9.73. The second-order valence-electron chi connectivity index (χ2n) is 8.03. The Bertz CT molecular complexity index is 1130. The highest BCUT2D eigenvalue weighted by molar-refractivity contribution is 7.89. The van der Waals surface area contributed by atoms with E-state index in [2.05, 4.69) is 26.7 Å². The van der Waals surface area contributed by atoms with Crippen LogP contribution in [-0.4, -0.2) is 33.0 Å². The fraction of sp³-hybridized carbons (Fsp3) is 0.348. The zero-order chi connectivity index (χ0) is 20.6. The average Bonchev–Trinajstić information content (AvgIpc) is 3.14. The fourth-order valence-electron chi connectivity index (χ4n) is 4.47. The summed E-state index contributed by atoms with van der Waals surface area (Å²) in [5.74, 6) is 0.280. The van der Waals surface area contributed by atoms with Gasteiger partial charge in [-0.15, -0.1) is 0 Å². The normalized spacial score (nSPS) is 17.2. The van der Waals surface area contributed by atoms with Crippen molar-refractivity contribution in [1.29, 1.82) is 0 Å². The summed E-state index contributed by atoms with van der Waals surface area (Å²) in [6, 6.07) is 14.1. The number of benzene rings is 2. The summed E-state index contributed by atoms with van der Waals surface area (Å²) in [4.78, 5) is 7.19. The van der Waals surface area contributed by atoms with E-state index in [1.54, 1.807) is 0 Å². The van der Waals surface area contributed by atoms with E-state index in [0.717, 1.165) is 47.1 Å². The van der Waals surface area contributed by atoms with Crippen LogP contribution in [0.25, 0.3) is 10.9 Å². The van der Waals surface area contributed by atoms with Gasteiger partial charge in [0.1, 0.15) is 0 Å². The zero-order valence-corrected chi connectivity index (χ0v) is 18.0. The van der Waals surface area contributed by atoms with Gasteiger partial charge >= 0.3 is 0 Å². The summed E-state index contributed by atoms with van der Waals surface area (Å²) < 4.78 is 28.7. The molecule has 152 valence electrons. The van der Waals surface area contributed by atoms with E-state index in [9.17, 15) is 8.42 Å². The van der Waals surface area contributed by atoms with Crippen molar-refractivity contribution in [1.82, 2.24) is 9.71 Å². The summed E-state index contributed by atoms with van der Waals surface area (Å²) in [6.07, 6.45) is 2.77. The van der Waals surface area contributed by atoms with Gasteiger partial charge in [0.15, 0.2) is 0 Å². The lowest BCUT2D eigenvalue weighted by molar-refractivity contribution is 0.541. The van der Waals surface area contributed by atoms with E-state index in [1.165, 1.54) is 5.69 Å². The smallest absolute Gasteiger partial charge is 0.241 e. The Labute approximate surface area is 172 Å². The molecule has 1 fully saturated rings. The highest BCUT2D eigenvalue weighted by atomic mass is 32.2. The number of nitrogens with zero attached hydrogens (tertiary/aromatic N) is 2. The Hall–Kier alpha value is -2.44. The van der Waals surface area contributed by atoms with E-state index in [0.29, 0.717) is 11.4 Å². The Morgan fingerprint density at radius 3 is 2.62 bits per heavy atom. The van der Waals surface area contributed by atoms with Gasteiger partial charge in [-0.3, -0.25) is 4.98 Å². The molecule has 6 heteroatoms. The van der Waals surface area contributed by atoms with Crippen LogP contribution in [0.2, 0.25) is 0 Å². The monoisotopic (exact) mass is 409 g/mol. The Kier molecular flexibility index (Phi) is 5.32. The average molecular weight is 410 g/mol. The highest BCUT2D eigenvalue weighted by Crippen LogP contribution is 2.30. The molecule has 1 N–H and O–H groups in total. The van der Waals surface area contributed by atoms with Crippen LogP contribution in [0.1, 0.15) is 23.1 Å². The topological polar surface area (TPSA) is 62.3 Å². The number of nitrogens with one attached hydrogen (secondary N) is 1. The predicted molar refractivity (Wildman–Crippen MR) is 118 cm³/mol. The molecule has 0 unspecified atom stereocenters. The molecule has 0 amide bonds. The van der Waals surface area contributed by atoms with E-state index < -0.39 is 10.0 Å². The van der Waals surface area contributed by atoms with Crippen molar-refractivity contribution < 1.29 is 8.42 Å². The van der Waals surface area contributed by atoms with Crippen LogP contribution in [-0.2, 0) is 10.0 Å². The molecule has 1 saturated heterocycles. The Balaban J connectivity index is 1.47. The minimum Gasteiger partial charge on any atom is -0.371 e. The van der Waals surface area contributed by atoms with Gasteiger partial charge in [-0.25, -0.2) is 13.1 Å². The van der Waals surface area contributed by atoms with Crippen molar-refractivity contribution in [3.8, 4) is 0 Å². The molecule has 0 spiro atoms. The molecule has 1 aromatic heterocycles. The third-order valence-corrected chi connectivity index (χ3v) is 7.41. The molecule has 1 atom stereocenters. The van der Waals surface area contributed by atoms with E-state index in [1.807, 2.05) is 57.3 Å². The predicted octanol–water partition coefficient (Wildman–Crippen LogP) is 3.96. The molecular weight excluding hydrogens is 382 g/mol. The number of aromatic nitrogens is 1. The third kappa shape index (κ3) is 4.00. The molecule has 0 bridgehead atoms. The summed E-state index contributed by atoms with van der Waals surface area (Å²) >= 11 is 0. The van der Waals surface area contributed by atoms with Crippen LogP contribution < -0.4 is 9.62 Å². The molecule has 0 aliphatic carbocycles. The summed E-state index contributed by atoms with van der Waals surface area (Å²) in [6.45, 7) is 7.92. The number of aryl methyl sites for hydroxylation is 3. The van der Waals surface area contributed by atoms with Crippen LogP contribution in [0.3, 0.4) is 0 Å². The molecule has 1 aliphatic rings. The number of hydrogen-bond donors (Lipinski definition) is 1. The first-order chi connectivity index (χ1) is 13.8. The maximum absolute atomic E-state index is 12.9. The van der Waals surface area contributed by atoms with E-state index in [4.69, 9.17) is 0 Å². The van der Waals surface area contributed by atoms with Gasteiger partial charge in [-0.1, -0.05) is 23.8 Å². The number of pyridine rings is 1. The largest absolute Gasteiger partial charge is 0.371 e. The molecule has 2 aromatic carbocycles. The fourth-order valence-corrected chi connectivity index (χ4v) is 6.04. The summed E-state index contributed by atoms with van der Waals surface area (Å²) in [7, 11) is -3.52. The molecule has 3 aromatic rings. The molecule has 2 heterocycles. The lowest BCUT2D eigenvalue weighted by Crippen LogP contribution is -2.32.